The van der Waals surface area contributed by atoms with Crippen molar-refractivity contribution in [1.82, 2.24) is 0 Å². The minimum atomic E-state index is 1.37. The zero-order chi connectivity index (χ0) is 9.42. The number of rotatable bonds is 0. The molecule has 0 fully saturated rings. The average Bonchev–Trinajstić information content (AvgIpc) is 2.12. The highest BCUT2D eigenvalue weighted by atomic mass is 14.1. The van der Waals surface area contributed by atoms with Gasteiger partial charge in [-0.1, -0.05) is 30.3 Å². The van der Waals surface area contributed by atoms with Gasteiger partial charge in [-0.15, -0.1) is 0 Å². The van der Waals surface area contributed by atoms with Crippen LogP contribution < -0.4 is 0 Å². The third-order valence-corrected chi connectivity index (χ3v) is 2.68. The smallest absolute Gasteiger partial charge is 0.0123 e. The van der Waals surface area contributed by atoms with Crippen LogP contribution in [0, 0.1) is 20.8 Å². The molecule has 0 aliphatic carbocycles. The highest BCUT2D eigenvalue weighted by molar-refractivity contribution is 5.90. The van der Waals surface area contributed by atoms with Gasteiger partial charge in [0.15, 0.2) is 0 Å². The Labute approximate surface area is 79.2 Å². The zero-order valence-corrected chi connectivity index (χ0v) is 8.39. The van der Waals surface area contributed by atoms with Crippen LogP contribution in [0.3, 0.4) is 0 Å². The Morgan fingerprint density at radius 1 is 0.692 bits per heavy atom. The monoisotopic (exact) mass is 170 g/mol. The first-order valence-corrected chi connectivity index (χ1v) is 4.65. The molecule has 0 heteroatoms. The molecule has 0 aliphatic heterocycles. The first kappa shape index (κ1) is 8.31. The molecular weight excluding hydrogens is 156 g/mol. The van der Waals surface area contributed by atoms with Crippen LogP contribution >= 0.6 is 0 Å². The summed E-state index contributed by atoms with van der Waals surface area (Å²) < 4.78 is 0. The SMILES string of the molecule is Cc1ccc(C)c2c(C)cccc12. The highest BCUT2D eigenvalue weighted by Gasteiger charge is 2.01. The first-order chi connectivity index (χ1) is 6.20. The van der Waals surface area contributed by atoms with Gasteiger partial charge in [-0.3, -0.25) is 0 Å². The zero-order valence-electron chi connectivity index (χ0n) is 8.39. The number of aryl methyl sites for hydroxylation is 3. The molecule has 0 aromatic heterocycles. The van der Waals surface area contributed by atoms with E-state index in [0.29, 0.717) is 0 Å². The van der Waals surface area contributed by atoms with Gasteiger partial charge in [0.1, 0.15) is 0 Å². The van der Waals surface area contributed by atoms with Crippen molar-refractivity contribution in [2.24, 2.45) is 0 Å². The van der Waals surface area contributed by atoms with E-state index in [4.69, 9.17) is 0 Å². The fraction of sp³-hybridized carbons (Fsp3) is 0.231. The van der Waals surface area contributed by atoms with Gasteiger partial charge >= 0.3 is 0 Å². The van der Waals surface area contributed by atoms with Crippen LogP contribution in [0.2, 0.25) is 0 Å². The quantitative estimate of drug-likeness (QED) is 0.564. The van der Waals surface area contributed by atoms with E-state index < -0.39 is 0 Å². The van der Waals surface area contributed by atoms with Crippen LogP contribution in [-0.2, 0) is 0 Å². The molecule has 0 saturated carbocycles. The van der Waals surface area contributed by atoms with E-state index in [1.807, 2.05) is 0 Å². The summed E-state index contributed by atoms with van der Waals surface area (Å²) in [4.78, 5) is 0. The normalized spacial score (nSPS) is 10.7. The van der Waals surface area contributed by atoms with Gasteiger partial charge in [-0.05, 0) is 48.2 Å². The molecule has 0 radical (unpaired) electrons. The Balaban J connectivity index is 3.00. The second kappa shape index (κ2) is 2.88. The van der Waals surface area contributed by atoms with Crippen molar-refractivity contribution in [2.45, 2.75) is 20.8 Å². The minimum absolute atomic E-state index is 1.37. The van der Waals surface area contributed by atoms with Gasteiger partial charge < -0.3 is 0 Å². The average molecular weight is 170 g/mol. The summed E-state index contributed by atoms with van der Waals surface area (Å²) in [5, 5.41) is 2.81. The maximum Gasteiger partial charge on any atom is -0.0123 e. The van der Waals surface area contributed by atoms with E-state index in [0.717, 1.165) is 0 Å². The topological polar surface area (TPSA) is 0 Å². The maximum atomic E-state index is 2.20. The molecule has 0 unspecified atom stereocenters. The molecule has 2 aromatic rings. The molecule has 2 rings (SSSR count). The van der Waals surface area contributed by atoms with Gasteiger partial charge in [0, 0.05) is 0 Å². The van der Waals surface area contributed by atoms with Gasteiger partial charge in [0.2, 0.25) is 0 Å². The molecule has 0 atom stereocenters. The van der Waals surface area contributed by atoms with E-state index in [1.165, 1.54) is 27.5 Å². The van der Waals surface area contributed by atoms with Crippen LogP contribution in [-0.4, -0.2) is 0 Å². The molecule has 0 amide bonds. The number of hydrogen-bond acceptors (Lipinski definition) is 0. The maximum absolute atomic E-state index is 2.20. The molecule has 0 heterocycles. The van der Waals surface area contributed by atoms with Gasteiger partial charge in [0.05, 0.1) is 0 Å². The minimum Gasteiger partial charge on any atom is -0.0614 e. The van der Waals surface area contributed by atoms with E-state index in [-0.39, 0.29) is 0 Å². The lowest BCUT2D eigenvalue weighted by atomic mass is 9.97. The molecule has 0 nitrogen and oxygen atoms in total. The second-order valence-electron chi connectivity index (χ2n) is 3.70. The molecule has 66 valence electrons. The number of benzene rings is 2. The summed E-state index contributed by atoms with van der Waals surface area (Å²) in [7, 11) is 0. The van der Waals surface area contributed by atoms with E-state index in [9.17, 15) is 0 Å². The third kappa shape index (κ3) is 1.23. The predicted octanol–water partition coefficient (Wildman–Crippen LogP) is 3.77. The molecule has 0 bridgehead atoms. The van der Waals surface area contributed by atoms with Crippen molar-refractivity contribution in [3.05, 3.63) is 47.0 Å². The van der Waals surface area contributed by atoms with Crippen LogP contribution in [0.1, 0.15) is 16.7 Å². The van der Waals surface area contributed by atoms with Crippen molar-refractivity contribution >= 4 is 10.8 Å². The van der Waals surface area contributed by atoms with Crippen LogP contribution in [0.15, 0.2) is 30.3 Å². The molecular formula is C13H14. The lowest BCUT2D eigenvalue weighted by molar-refractivity contribution is 1.42. The molecule has 0 N–H and O–H groups in total. The lowest BCUT2D eigenvalue weighted by Gasteiger charge is -2.07. The summed E-state index contributed by atoms with van der Waals surface area (Å²) in [6.45, 7) is 6.52. The van der Waals surface area contributed by atoms with Gasteiger partial charge in [-0.2, -0.15) is 0 Å². The highest BCUT2D eigenvalue weighted by Crippen LogP contribution is 2.24. The van der Waals surface area contributed by atoms with Crippen LogP contribution in [0.25, 0.3) is 10.8 Å². The van der Waals surface area contributed by atoms with E-state index >= 15 is 0 Å². The molecule has 13 heavy (non-hydrogen) atoms. The summed E-state index contributed by atoms with van der Waals surface area (Å²) in [6.07, 6.45) is 0. The first-order valence-electron chi connectivity index (χ1n) is 4.65. The van der Waals surface area contributed by atoms with Crippen LogP contribution in [0.5, 0.6) is 0 Å². The predicted molar refractivity (Wildman–Crippen MR) is 58.2 cm³/mol. The van der Waals surface area contributed by atoms with Crippen molar-refractivity contribution in [3.8, 4) is 0 Å². The summed E-state index contributed by atoms with van der Waals surface area (Å²) in [5.74, 6) is 0. The molecule has 0 aliphatic rings. The van der Waals surface area contributed by atoms with Crippen molar-refractivity contribution in [1.29, 1.82) is 0 Å². The van der Waals surface area contributed by atoms with Crippen molar-refractivity contribution in [2.75, 3.05) is 0 Å². The van der Waals surface area contributed by atoms with Gasteiger partial charge in [0.25, 0.3) is 0 Å². The Kier molecular flexibility index (Phi) is 1.84. The fourth-order valence-electron chi connectivity index (χ4n) is 1.94. The summed E-state index contributed by atoms with van der Waals surface area (Å²) in [5.41, 5.74) is 4.11. The number of fused-ring (bicyclic) bond motifs is 1. The summed E-state index contributed by atoms with van der Waals surface area (Å²) >= 11 is 0. The third-order valence-electron chi connectivity index (χ3n) is 2.68. The number of hydrogen-bond donors (Lipinski definition) is 0. The Morgan fingerprint density at radius 2 is 1.31 bits per heavy atom. The van der Waals surface area contributed by atoms with E-state index in [1.54, 1.807) is 0 Å². The second-order valence-corrected chi connectivity index (χ2v) is 3.70. The van der Waals surface area contributed by atoms with E-state index in [2.05, 4.69) is 51.1 Å². The van der Waals surface area contributed by atoms with Crippen LogP contribution in [0.4, 0.5) is 0 Å². The molecule has 2 aromatic carbocycles. The Hall–Kier alpha value is -1.30. The molecule has 0 saturated heterocycles. The largest absolute Gasteiger partial charge is 0.0614 e. The van der Waals surface area contributed by atoms with Crippen molar-refractivity contribution < 1.29 is 0 Å². The van der Waals surface area contributed by atoms with Gasteiger partial charge in [-0.25, -0.2) is 0 Å². The Morgan fingerprint density at radius 3 is 2.00 bits per heavy atom. The molecule has 0 spiro atoms. The lowest BCUT2D eigenvalue weighted by Crippen LogP contribution is -1.85. The summed E-state index contributed by atoms with van der Waals surface area (Å²) in [6, 6.07) is 10.9. The Bertz CT molecular complexity index is 445. The standard InChI is InChI=1S/C13H14/c1-9-7-8-11(3)13-10(2)5-4-6-12(9)13/h4-8H,1-3H3. The fourth-order valence-corrected chi connectivity index (χ4v) is 1.94. The van der Waals surface area contributed by atoms with Crippen molar-refractivity contribution in [3.63, 3.8) is 0 Å².